The fraction of sp³-hybridized carbons (Fsp3) is 0.115. The minimum Gasteiger partial charge on any atom is -0.252 e. The molecule has 8 aromatic carbocycles. The van der Waals surface area contributed by atoms with E-state index in [1.54, 1.807) is 0 Å². The lowest BCUT2D eigenvalue weighted by Gasteiger charge is -2.23. The molecule has 0 bridgehead atoms. The monoisotopic (exact) mass is 690 g/mol. The number of hydrogen-bond donors (Lipinski definition) is 0. The molecular formula is C52H38N2. The average molecular weight is 691 g/mol. The summed E-state index contributed by atoms with van der Waals surface area (Å²) in [5.41, 5.74) is 19.5. The minimum absolute atomic E-state index is 0.0765. The van der Waals surface area contributed by atoms with Gasteiger partial charge >= 0.3 is 0 Å². The third-order valence-electron chi connectivity index (χ3n) is 12.5. The van der Waals surface area contributed by atoms with Gasteiger partial charge in [0.15, 0.2) is 0 Å². The van der Waals surface area contributed by atoms with Gasteiger partial charge in [-0.1, -0.05) is 155 Å². The average Bonchev–Trinajstić information content (AvgIpc) is 3.59. The molecule has 0 atom stereocenters. The zero-order valence-corrected chi connectivity index (χ0v) is 30.9. The van der Waals surface area contributed by atoms with E-state index in [1.165, 1.54) is 88.3 Å². The second kappa shape index (κ2) is 11.1. The van der Waals surface area contributed by atoms with Gasteiger partial charge in [-0.25, -0.2) is 4.98 Å². The van der Waals surface area contributed by atoms with Gasteiger partial charge in [0.2, 0.25) is 0 Å². The maximum Gasteiger partial charge on any atom is 0.0905 e. The maximum absolute atomic E-state index is 5.25. The highest BCUT2D eigenvalue weighted by atomic mass is 14.8. The van der Waals surface area contributed by atoms with Crippen LogP contribution in [0, 0.1) is 0 Å². The zero-order valence-electron chi connectivity index (χ0n) is 30.9. The predicted octanol–water partition coefficient (Wildman–Crippen LogP) is 13.5. The summed E-state index contributed by atoms with van der Waals surface area (Å²) in [6, 6.07) is 56.0. The van der Waals surface area contributed by atoms with Crippen LogP contribution in [0.15, 0.2) is 158 Å². The van der Waals surface area contributed by atoms with E-state index in [1.807, 2.05) is 24.4 Å². The Hall–Kier alpha value is -6.38. The SMILES string of the molecule is CC1(C)c2ccccc2-c2ccc(-c3ccc4c(-c5cnc6ccccc6n5)c5ccccc5c(-c5cccc6c5-c5ccccc5C6(C)C)c4c3)cc21. The van der Waals surface area contributed by atoms with Gasteiger partial charge in [-0.3, -0.25) is 4.98 Å². The molecule has 2 aliphatic carbocycles. The molecule has 0 amide bonds. The van der Waals surface area contributed by atoms with Crippen molar-refractivity contribution < 1.29 is 0 Å². The molecule has 0 spiro atoms. The second-order valence-electron chi connectivity index (χ2n) is 16.1. The van der Waals surface area contributed by atoms with Crippen molar-refractivity contribution >= 4 is 32.6 Å². The number of rotatable bonds is 3. The molecule has 2 heteroatoms. The summed E-state index contributed by atoms with van der Waals surface area (Å²) in [5.74, 6) is 0. The molecule has 0 saturated carbocycles. The van der Waals surface area contributed by atoms with Gasteiger partial charge in [-0.05, 0) is 113 Å². The molecule has 0 radical (unpaired) electrons. The molecule has 256 valence electrons. The summed E-state index contributed by atoms with van der Waals surface area (Å²) >= 11 is 0. The molecule has 0 aliphatic heterocycles. The van der Waals surface area contributed by atoms with Crippen molar-refractivity contribution in [2.75, 3.05) is 0 Å². The van der Waals surface area contributed by atoms with Crippen molar-refractivity contribution in [3.05, 3.63) is 180 Å². The first-order valence-electron chi connectivity index (χ1n) is 19.0. The fourth-order valence-corrected chi connectivity index (χ4v) is 9.85. The van der Waals surface area contributed by atoms with E-state index in [9.17, 15) is 0 Å². The Balaban J connectivity index is 1.24. The quantitative estimate of drug-likeness (QED) is 0.172. The third-order valence-corrected chi connectivity index (χ3v) is 12.5. The molecule has 11 rings (SSSR count). The number of benzene rings is 8. The van der Waals surface area contributed by atoms with Crippen LogP contribution in [0.2, 0.25) is 0 Å². The highest BCUT2D eigenvalue weighted by molar-refractivity contribution is 6.23. The highest BCUT2D eigenvalue weighted by Crippen LogP contribution is 2.55. The number of fused-ring (bicyclic) bond motifs is 9. The molecule has 0 saturated heterocycles. The Labute approximate surface area is 315 Å². The van der Waals surface area contributed by atoms with E-state index in [4.69, 9.17) is 9.97 Å². The van der Waals surface area contributed by atoms with Crippen LogP contribution in [-0.2, 0) is 10.8 Å². The Morgan fingerprint density at radius 2 is 0.926 bits per heavy atom. The van der Waals surface area contributed by atoms with Gasteiger partial charge in [0.25, 0.3) is 0 Å². The van der Waals surface area contributed by atoms with Crippen LogP contribution in [0.5, 0.6) is 0 Å². The Morgan fingerprint density at radius 3 is 1.74 bits per heavy atom. The van der Waals surface area contributed by atoms with E-state index in [-0.39, 0.29) is 10.8 Å². The lowest BCUT2D eigenvalue weighted by atomic mass is 9.80. The van der Waals surface area contributed by atoms with Gasteiger partial charge in [0.05, 0.1) is 22.9 Å². The van der Waals surface area contributed by atoms with Gasteiger partial charge in [-0.15, -0.1) is 0 Å². The minimum atomic E-state index is -0.103. The number of aromatic nitrogens is 2. The smallest absolute Gasteiger partial charge is 0.0905 e. The Morgan fingerprint density at radius 1 is 0.370 bits per heavy atom. The molecule has 0 unspecified atom stereocenters. The Kier molecular flexibility index (Phi) is 6.39. The summed E-state index contributed by atoms with van der Waals surface area (Å²) in [4.78, 5) is 10.2. The maximum atomic E-state index is 5.25. The van der Waals surface area contributed by atoms with Crippen LogP contribution in [0.25, 0.3) is 88.3 Å². The van der Waals surface area contributed by atoms with E-state index in [0.29, 0.717) is 0 Å². The van der Waals surface area contributed by atoms with E-state index < -0.39 is 0 Å². The fourth-order valence-electron chi connectivity index (χ4n) is 9.85. The summed E-state index contributed by atoms with van der Waals surface area (Å²) < 4.78 is 0. The highest BCUT2D eigenvalue weighted by Gasteiger charge is 2.38. The number of nitrogens with zero attached hydrogens (tertiary/aromatic N) is 2. The van der Waals surface area contributed by atoms with E-state index in [0.717, 1.165) is 22.3 Å². The van der Waals surface area contributed by atoms with Crippen molar-refractivity contribution in [2.45, 2.75) is 38.5 Å². The van der Waals surface area contributed by atoms with Crippen molar-refractivity contribution in [3.8, 4) is 55.8 Å². The molecule has 2 nitrogen and oxygen atoms in total. The predicted molar refractivity (Wildman–Crippen MR) is 226 cm³/mol. The molecule has 54 heavy (non-hydrogen) atoms. The van der Waals surface area contributed by atoms with Crippen molar-refractivity contribution in [1.82, 2.24) is 9.97 Å². The molecule has 1 aromatic heterocycles. The van der Waals surface area contributed by atoms with Crippen LogP contribution in [0.1, 0.15) is 49.9 Å². The number of hydrogen-bond acceptors (Lipinski definition) is 2. The summed E-state index contributed by atoms with van der Waals surface area (Å²) in [7, 11) is 0. The third kappa shape index (κ3) is 4.23. The molecule has 1 heterocycles. The van der Waals surface area contributed by atoms with Crippen LogP contribution >= 0.6 is 0 Å². The first kappa shape index (κ1) is 31.2. The van der Waals surface area contributed by atoms with E-state index in [2.05, 4.69) is 161 Å². The first-order valence-corrected chi connectivity index (χ1v) is 19.0. The van der Waals surface area contributed by atoms with Crippen molar-refractivity contribution in [3.63, 3.8) is 0 Å². The molecule has 0 N–H and O–H groups in total. The molecular weight excluding hydrogens is 653 g/mol. The molecule has 0 fully saturated rings. The molecule has 2 aliphatic rings. The van der Waals surface area contributed by atoms with Crippen molar-refractivity contribution in [2.24, 2.45) is 0 Å². The first-order chi connectivity index (χ1) is 26.3. The Bertz CT molecular complexity index is 3050. The van der Waals surface area contributed by atoms with Crippen LogP contribution in [-0.4, -0.2) is 9.97 Å². The zero-order chi connectivity index (χ0) is 36.3. The van der Waals surface area contributed by atoms with E-state index >= 15 is 0 Å². The van der Waals surface area contributed by atoms with Gasteiger partial charge in [0.1, 0.15) is 0 Å². The topological polar surface area (TPSA) is 25.8 Å². The second-order valence-corrected chi connectivity index (χ2v) is 16.1. The van der Waals surface area contributed by atoms with Crippen LogP contribution in [0.4, 0.5) is 0 Å². The summed E-state index contributed by atoms with van der Waals surface area (Å²) in [5, 5.41) is 4.79. The normalized spacial score (nSPS) is 14.6. The standard InChI is InChI=1S/C52H38N2/c1-51(2)42-20-10-8-17-38(42)49-39(18-13-21-43(49)51)48-35-15-5-6-16-36(35)50(47-30-53-45-22-11-12-23-46(45)54-47)37-27-25-31(28-40(37)48)32-24-26-34-33-14-7-9-19-41(33)52(3,4)44(34)29-32/h5-30H,1-4H3. The van der Waals surface area contributed by atoms with Gasteiger partial charge in [-0.2, -0.15) is 0 Å². The lowest BCUT2D eigenvalue weighted by Crippen LogP contribution is -2.14. The lowest BCUT2D eigenvalue weighted by molar-refractivity contribution is 0.660. The number of para-hydroxylation sites is 2. The largest absolute Gasteiger partial charge is 0.252 e. The van der Waals surface area contributed by atoms with Gasteiger partial charge in [0, 0.05) is 16.4 Å². The van der Waals surface area contributed by atoms with Gasteiger partial charge < -0.3 is 0 Å². The summed E-state index contributed by atoms with van der Waals surface area (Å²) in [6.45, 7) is 9.45. The summed E-state index contributed by atoms with van der Waals surface area (Å²) in [6.07, 6.45) is 1.95. The van der Waals surface area contributed by atoms with Crippen LogP contribution in [0.3, 0.4) is 0 Å². The van der Waals surface area contributed by atoms with Crippen LogP contribution < -0.4 is 0 Å². The molecule has 9 aromatic rings. The van der Waals surface area contributed by atoms with Crippen molar-refractivity contribution in [1.29, 1.82) is 0 Å².